The van der Waals surface area contributed by atoms with Crippen LogP contribution in [0.1, 0.15) is 44.7 Å². The van der Waals surface area contributed by atoms with E-state index < -0.39 is 6.04 Å². The number of nitrogens with one attached hydrogen (secondary N) is 1. The van der Waals surface area contributed by atoms with Gasteiger partial charge in [0, 0.05) is 19.1 Å². The molecule has 0 aromatic carbocycles. The number of nitrogens with two attached hydrogens (primary N) is 1. The molecule has 0 radical (unpaired) electrons. The van der Waals surface area contributed by atoms with Crippen molar-refractivity contribution in [2.45, 2.75) is 46.2 Å². The Hall–Kier alpha value is -1.53. The number of carbonyl (C=O) groups excluding carboxylic acids is 2. The predicted octanol–water partition coefficient (Wildman–Crippen LogP) is 2.04. The van der Waals surface area contributed by atoms with Crippen LogP contribution in [0, 0.1) is 11.3 Å². The summed E-state index contributed by atoms with van der Waals surface area (Å²) in [6.45, 7) is 9.22. The van der Waals surface area contributed by atoms with Crippen LogP contribution in [-0.4, -0.2) is 41.9 Å². The first kappa shape index (κ1) is 20.5. The van der Waals surface area contributed by atoms with Crippen molar-refractivity contribution in [3.63, 3.8) is 0 Å². The molecular weight excluding hydrogens is 330 g/mol. The van der Waals surface area contributed by atoms with Gasteiger partial charge in [-0.1, -0.05) is 27.7 Å². The van der Waals surface area contributed by atoms with Crippen molar-refractivity contribution in [3.8, 4) is 0 Å². The average Bonchev–Trinajstić information content (AvgIpc) is 3.00. The van der Waals surface area contributed by atoms with E-state index in [9.17, 15) is 9.59 Å². The Morgan fingerprint density at radius 1 is 1.42 bits per heavy atom. The number of hydrogen-bond donors (Lipinski definition) is 2. The van der Waals surface area contributed by atoms with Crippen LogP contribution in [0.4, 0.5) is 0 Å². The van der Waals surface area contributed by atoms with E-state index in [2.05, 4.69) is 19.2 Å². The van der Waals surface area contributed by atoms with Gasteiger partial charge in [-0.05, 0) is 29.9 Å². The number of rotatable bonds is 4. The highest BCUT2D eigenvalue weighted by Gasteiger charge is 2.38. The summed E-state index contributed by atoms with van der Waals surface area (Å²) in [5.74, 6) is -0.223. The molecule has 1 aromatic rings. The van der Waals surface area contributed by atoms with Crippen LogP contribution in [0.2, 0.25) is 0 Å². The Morgan fingerprint density at radius 3 is 2.58 bits per heavy atom. The van der Waals surface area contributed by atoms with E-state index >= 15 is 0 Å². The fraction of sp³-hybridized carbons (Fsp3) is 0.647. The van der Waals surface area contributed by atoms with Crippen LogP contribution >= 0.6 is 12.4 Å². The van der Waals surface area contributed by atoms with E-state index in [1.165, 1.54) is 6.26 Å². The first-order valence-corrected chi connectivity index (χ1v) is 8.11. The molecule has 0 bridgehead atoms. The van der Waals surface area contributed by atoms with Crippen LogP contribution in [0.15, 0.2) is 22.8 Å². The molecular formula is C17H28ClN3O3. The molecule has 0 saturated carbocycles. The number of piperidine rings is 1. The van der Waals surface area contributed by atoms with Gasteiger partial charge < -0.3 is 20.4 Å². The fourth-order valence-corrected chi connectivity index (χ4v) is 2.89. The predicted molar refractivity (Wildman–Crippen MR) is 95.0 cm³/mol. The van der Waals surface area contributed by atoms with Crippen LogP contribution in [-0.2, 0) is 4.79 Å². The largest absolute Gasteiger partial charge is 0.459 e. The minimum atomic E-state index is -0.572. The average molecular weight is 358 g/mol. The Kier molecular flexibility index (Phi) is 6.86. The molecule has 0 spiro atoms. The van der Waals surface area contributed by atoms with Crippen molar-refractivity contribution in [1.82, 2.24) is 10.2 Å². The van der Waals surface area contributed by atoms with E-state index in [4.69, 9.17) is 10.2 Å². The molecule has 7 heteroatoms. The van der Waals surface area contributed by atoms with Gasteiger partial charge in [0.15, 0.2) is 5.76 Å². The van der Waals surface area contributed by atoms with Gasteiger partial charge in [0.05, 0.1) is 6.26 Å². The zero-order valence-corrected chi connectivity index (χ0v) is 15.6. The van der Waals surface area contributed by atoms with Gasteiger partial charge in [-0.2, -0.15) is 0 Å². The lowest BCUT2D eigenvalue weighted by atomic mass is 9.79. The van der Waals surface area contributed by atoms with Crippen LogP contribution in [0.5, 0.6) is 0 Å². The topological polar surface area (TPSA) is 88.6 Å². The van der Waals surface area contributed by atoms with Gasteiger partial charge in [-0.15, -0.1) is 12.4 Å². The molecule has 2 rings (SSSR count). The van der Waals surface area contributed by atoms with Crippen LogP contribution in [0.3, 0.4) is 0 Å². The third kappa shape index (κ3) is 4.51. The van der Waals surface area contributed by atoms with Crippen molar-refractivity contribution >= 4 is 24.2 Å². The molecule has 1 saturated heterocycles. The highest BCUT2D eigenvalue weighted by molar-refractivity contribution is 5.95. The minimum Gasteiger partial charge on any atom is -0.459 e. The number of hydrogen-bond acceptors (Lipinski definition) is 4. The first-order valence-electron chi connectivity index (χ1n) is 8.11. The summed E-state index contributed by atoms with van der Waals surface area (Å²) >= 11 is 0. The van der Waals surface area contributed by atoms with Gasteiger partial charge in [-0.25, -0.2) is 0 Å². The number of nitrogens with zero attached hydrogens (tertiary/aromatic N) is 1. The monoisotopic (exact) mass is 357 g/mol. The lowest BCUT2D eigenvalue weighted by Gasteiger charge is -2.44. The molecule has 136 valence electrons. The van der Waals surface area contributed by atoms with Crippen molar-refractivity contribution in [2.75, 3.05) is 13.1 Å². The van der Waals surface area contributed by atoms with Gasteiger partial charge in [0.25, 0.3) is 5.91 Å². The normalized spacial score (nSPS) is 21.1. The van der Waals surface area contributed by atoms with Gasteiger partial charge >= 0.3 is 0 Å². The van der Waals surface area contributed by atoms with Crippen molar-refractivity contribution in [3.05, 3.63) is 24.2 Å². The third-order valence-corrected chi connectivity index (χ3v) is 4.59. The second-order valence-corrected chi connectivity index (χ2v) is 7.32. The van der Waals surface area contributed by atoms with E-state index in [1.54, 1.807) is 12.1 Å². The minimum absolute atomic E-state index is 0. The second kappa shape index (κ2) is 8.03. The maximum absolute atomic E-state index is 12.9. The molecule has 2 unspecified atom stereocenters. The van der Waals surface area contributed by atoms with Gasteiger partial charge in [0.2, 0.25) is 5.91 Å². The SMILES string of the molecule is CC(C)C(NC(=O)c1ccco1)C(=O)N1CCC(N)C(C)(C)C1.Cl. The number of furan rings is 1. The molecule has 24 heavy (non-hydrogen) atoms. The second-order valence-electron chi connectivity index (χ2n) is 7.32. The lowest BCUT2D eigenvalue weighted by Crippen LogP contribution is -2.59. The van der Waals surface area contributed by atoms with Crippen LogP contribution < -0.4 is 11.1 Å². The van der Waals surface area contributed by atoms with Crippen molar-refractivity contribution in [1.29, 1.82) is 0 Å². The fourth-order valence-electron chi connectivity index (χ4n) is 2.89. The quantitative estimate of drug-likeness (QED) is 0.863. The molecule has 1 aliphatic rings. The van der Waals surface area contributed by atoms with Gasteiger partial charge in [0.1, 0.15) is 6.04 Å². The molecule has 1 aromatic heterocycles. The number of amides is 2. The van der Waals surface area contributed by atoms with E-state index in [0.29, 0.717) is 13.1 Å². The lowest BCUT2D eigenvalue weighted by molar-refractivity contribution is -0.137. The zero-order chi connectivity index (χ0) is 17.2. The molecule has 2 amide bonds. The molecule has 3 N–H and O–H groups in total. The molecule has 1 aliphatic heterocycles. The summed E-state index contributed by atoms with van der Waals surface area (Å²) in [6, 6.07) is 2.75. The molecule has 6 nitrogen and oxygen atoms in total. The maximum Gasteiger partial charge on any atom is 0.287 e. The number of carbonyl (C=O) groups is 2. The van der Waals surface area contributed by atoms with E-state index in [1.807, 2.05) is 18.7 Å². The zero-order valence-electron chi connectivity index (χ0n) is 14.7. The van der Waals surface area contributed by atoms with Gasteiger partial charge in [-0.3, -0.25) is 9.59 Å². The van der Waals surface area contributed by atoms with E-state index in [-0.39, 0.29) is 47.4 Å². The molecule has 2 heterocycles. The molecule has 1 fully saturated rings. The van der Waals surface area contributed by atoms with Crippen molar-refractivity contribution < 1.29 is 14.0 Å². The Bertz CT molecular complexity index is 557. The van der Waals surface area contributed by atoms with Crippen molar-refractivity contribution in [2.24, 2.45) is 17.1 Å². The van der Waals surface area contributed by atoms with Crippen LogP contribution in [0.25, 0.3) is 0 Å². The summed E-state index contributed by atoms with van der Waals surface area (Å²) in [7, 11) is 0. The first-order chi connectivity index (χ1) is 10.7. The summed E-state index contributed by atoms with van der Waals surface area (Å²) < 4.78 is 5.09. The molecule has 0 aliphatic carbocycles. The summed E-state index contributed by atoms with van der Waals surface area (Å²) in [6.07, 6.45) is 2.21. The highest BCUT2D eigenvalue weighted by Crippen LogP contribution is 2.28. The smallest absolute Gasteiger partial charge is 0.287 e. The summed E-state index contributed by atoms with van der Waals surface area (Å²) in [5, 5.41) is 2.80. The number of halogens is 1. The summed E-state index contributed by atoms with van der Waals surface area (Å²) in [5.41, 5.74) is 6.01. The third-order valence-electron chi connectivity index (χ3n) is 4.59. The Labute approximate surface area is 149 Å². The Morgan fingerprint density at radius 2 is 2.08 bits per heavy atom. The Balaban J connectivity index is 0.00000288. The molecule has 2 atom stereocenters. The van der Waals surface area contributed by atoms with E-state index in [0.717, 1.165) is 6.42 Å². The maximum atomic E-state index is 12.9. The number of likely N-dealkylation sites (tertiary alicyclic amines) is 1. The summed E-state index contributed by atoms with van der Waals surface area (Å²) in [4.78, 5) is 26.9. The standard InChI is InChI=1S/C17H27N3O3.ClH/c1-11(2)14(19-15(21)12-6-5-9-23-12)16(22)20-8-7-13(18)17(3,4)10-20;/h5-6,9,11,13-14H,7-8,10,18H2,1-4H3,(H,19,21);1H. The highest BCUT2D eigenvalue weighted by atomic mass is 35.5.